The minimum absolute atomic E-state index is 0.177. The quantitative estimate of drug-likeness (QED) is 0.0993. The van der Waals surface area contributed by atoms with Crippen molar-refractivity contribution in [2.75, 3.05) is 13.2 Å². The van der Waals surface area contributed by atoms with Gasteiger partial charge in [-0.05, 0) is 121 Å². The smallest absolute Gasteiger partial charge is 0.355 e. The second kappa shape index (κ2) is 18.2. The Labute approximate surface area is 436 Å². The van der Waals surface area contributed by atoms with E-state index in [1.54, 1.807) is 0 Å². The zero-order valence-corrected chi connectivity index (χ0v) is 46.1. The molecule has 0 saturated heterocycles. The van der Waals surface area contributed by atoms with Crippen LogP contribution in [0.25, 0.3) is 0 Å². The fourth-order valence-electron chi connectivity index (χ4n) is 10.8. The Morgan fingerprint density at radius 2 is 0.892 bits per heavy atom. The minimum atomic E-state index is -1.82. The van der Waals surface area contributed by atoms with Crippen LogP contribution in [0.1, 0.15) is 170 Å². The fourth-order valence-corrected chi connectivity index (χ4v) is 15.0. The molecule has 8 aromatic rings. The van der Waals surface area contributed by atoms with Crippen LogP contribution >= 0.6 is 16.9 Å². The van der Waals surface area contributed by atoms with E-state index in [4.69, 9.17) is 23.3 Å². The van der Waals surface area contributed by atoms with Gasteiger partial charge in [-0.25, -0.2) is 9.59 Å². The Bertz CT molecular complexity index is 3270. The highest BCUT2D eigenvalue weighted by molar-refractivity contribution is 7.50. The van der Waals surface area contributed by atoms with Crippen molar-refractivity contribution >= 4 is 28.8 Å². The third kappa shape index (κ3) is 8.01. The Morgan fingerprint density at radius 1 is 0.527 bits per heavy atom. The highest BCUT2D eigenvalue weighted by Crippen LogP contribution is 2.63. The number of carbonyl (C=O) groups is 2. The molecule has 0 fully saturated rings. The highest BCUT2D eigenvalue weighted by Gasteiger charge is 2.46. The average Bonchev–Trinajstić information content (AvgIpc) is 4.19. The van der Waals surface area contributed by atoms with Crippen molar-refractivity contribution in [2.45, 2.75) is 111 Å². The number of hydrogen-bond acceptors (Lipinski definition) is 7. The Morgan fingerprint density at radius 3 is 1.26 bits per heavy atom. The molecule has 3 aliphatic rings. The maximum Gasteiger partial charge on any atom is 0.355 e. The maximum atomic E-state index is 14.1. The van der Waals surface area contributed by atoms with Crippen LogP contribution in [0.2, 0.25) is 0 Å². The van der Waals surface area contributed by atoms with Gasteiger partial charge >= 0.3 is 28.8 Å². The molecular formula is C61H64N4O7P2. The molecule has 380 valence electrons. The summed E-state index contributed by atoms with van der Waals surface area (Å²) < 4.78 is 42.9. The Kier molecular flexibility index (Phi) is 12.2. The summed E-state index contributed by atoms with van der Waals surface area (Å²) >= 11 is 0. The molecule has 0 N–H and O–H groups in total. The number of ether oxygens (including phenoxy) is 3. The van der Waals surface area contributed by atoms with Crippen molar-refractivity contribution in [1.82, 2.24) is 17.4 Å². The molecule has 3 aliphatic heterocycles. The molecule has 13 heteroatoms. The van der Waals surface area contributed by atoms with E-state index in [9.17, 15) is 9.59 Å². The molecule has 0 saturated carbocycles. The summed E-state index contributed by atoms with van der Waals surface area (Å²) in [4.78, 5) is 28.1. The molecule has 4 unspecified atom stereocenters. The van der Waals surface area contributed by atoms with Gasteiger partial charge in [0.25, 0.3) is 0 Å². The SMILES string of the molecule is CCOC(=O)c1ccc2n1P(Oc1cc(C(C)(C)C)cc3c1Oc1c(OP4n5c(C)ccc5C(c5ccccc5)c5ccc(C(=O)OCC)n54)cc(C(C)(C)C)cc1C3(C)C)n1c(C)ccc1C2c1ccccc1. The van der Waals surface area contributed by atoms with Crippen molar-refractivity contribution in [1.29, 1.82) is 0 Å². The van der Waals surface area contributed by atoms with Gasteiger partial charge in [0.2, 0.25) is 0 Å². The van der Waals surface area contributed by atoms with Crippen molar-refractivity contribution < 1.29 is 32.8 Å². The summed E-state index contributed by atoms with van der Waals surface area (Å²) in [5, 5.41) is 0. The molecule has 4 atom stereocenters. The summed E-state index contributed by atoms with van der Waals surface area (Å²) in [6.07, 6.45) is 0. The summed E-state index contributed by atoms with van der Waals surface area (Å²) in [5.41, 5.74) is 11.9. The maximum absolute atomic E-state index is 14.1. The lowest BCUT2D eigenvalue weighted by molar-refractivity contribution is 0.0508. The minimum Gasteiger partial charge on any atom is -0.461 e. The standard InChI is InChI=1S/C61H64N4O7P2/c1-13-68-57(66)49-31-29-47-53(39-21-17-15-18-22-39)45-27-25-37(3)62(45)73(64(47)49)71-51-35-41(59(5,6)7)33-43-55(51)70-56-44(61(43,11)12)34-42(60(8,9)10)36-52(56)72-74-63-38(4)26-28-46(63)54(40-23-19-16-20-24-40)48-30-32-50(65(48)74)58(67)69-14-2/h15-36,53-54H,13-14H2,1-12H3. The fraction of sp³-hybridized carbons (Fsp3) is 0.311. The molecule has 0 spiro atoms. The number of aromatic nitrogens is 4. The van der Waals surface area contributed by atoms with Crippen molar-refractivity contribution in [2.24, 2.45) is 0 Å². The summed E-state index contributed by atoms with van der Waals surface area (Å²) in [7, 11) is -3.65. The Balaban J connectivity index is 1.11. The van der Waals surface area contributed by atoms with Gasteiger partial charge in [-0.15, -0.1) is 0 Å². The average molecular weight is 1030 g/mol. The van der Waals surface area contributed by atoms with Crippen LogP contribution in [-0.4, -0.2) is 42.5 Å². The molecule has 0 amide bonds. The molecule has 4 aromatic heterocycles. The number of esters is 2. The first-order valence-corrected chi connectivity index (χ1v) is 27.9. The van der Waals surface area contributed by atoms with Crippen LogP contribution < -0.4 is 13.8 Å². The largest absolute Gasteiger partial charge is 0.461 e. The van der Waals surface area contributed by atoms with Gasteiger partial charge in [0.05, 0.1) is 25.0 Å². The molecule has 74 heavy (non-hydrogen) atoms. The third-order valence-electron chi connectivity index (χ3n) is 14.8. The van der Waals surface area contributed by atoms with Gasteiger partial charge < -0.3 is 23.3 Å². The molecular weight excluding hydrogens is 963 g/mol. The third-order valence-corrected chi connectivity index (χ3v) is 18.8. The second-order valence-electron chi connectivity index (χ2n) is 22.1. The van der Waals surface area contributed by atoms with Crippen LogP contribution in [-0.2, 0) is 25.7 Å². The Hall–Kier alpha value is -6.80. The predicted molar refractivity (Wildman–Crippen MR) is 293 cm³/mol. The number of fused-ring (bicyclic) bond motifs is 6. The molecule has 0 aliphatic carbocycles. The van der Waals surface area contributed by atoms with Crippen LogP contribution in [0.3, 0.4) is 0 Å². The normalized spacial score (nSPS) is 18.2. The number of hydrogen-bond donors (Lipinski definition) is 0. The molecule has 0 radical (unpaired) electrons. The van der Waals surface area contributed by atoms with Crippen molar-refractivity contribution in [3.63, 3.8) is 0 Å². The van der Waals surface area contributed by atoms with Gasteiger partial charge in [0.15, 0.2) is 23.0 Å². The first-order chi connectivity index (χ1) is 35.3. The molecule has 11 nitrogen and oxygen atoms in total. The van der Waals surface area contributed by atoms with E-state index in [-0.39, 0.29) is 35.9 Å². The summed E-state index contributed by atoms with van der Waals surface area (Å²) in [6, 6.07) is 46.0. The molecule has 7 heterocycles. The second-order valence-corrected chi connectivity index (χ2v) is 25.1. The van der Waals surface area contributed by atoms with Crippen LogP contribution in [0.4, 0.5) is 0 Å². The van der Waals surface area contributed by atoms with E-state index in [0.717, 1.165) is 67.5 Å². The van der Waals surface area contributed by atoms with Gasteiger partial charge in [0.1, 0.15) is 11.4 Å². The highest BCUT2D eigenvalue weighted by atomic mass is 31.2. The lowest BCUT2D eigenvalue weighted by Gasteiger charge is -2.40. The van der Waals surface area contributed by atoms with Gasteiger partial charge in [-0.2, -0.15) is 0 Å². The van der Waals surface area contributed by atoms with E-state index in [1.807, 2.05) is 50.2 Å². The van der Waals surface area contributed by atoms with E-state index >= 15 is 0 Å². The van der Waals surface area contributed by atoms with E-state index in [1.165, 1.54) is 0 Å². The first-order valence-electron chi connectivity index (χ1n) is 25.6. The topological polar surface area (TPSA) is 100 Å². The van der Waals surface area contributed by atoms with Crippen molar-refractivity contribution in [3.05, 3.63) is 212 Å². The summed E-state index contributed by atoms with van der Waals surface area (Å²) in [6.45, 7) is 26.1. The number of rotatable bonds is 10. The zero-order chi connectivity index (χ0) is 52.2. The monoisotopic (exact) mass is 1030 g/mol. The van der Waals surface area contributed by atoms with Crippen molar-refractivity contribution in [3.8, 4) is 23.0 Å². The zero-order valence-electron chi connectivity index (χ0n) is 44.3. The van der Waals surface area contributed by atoms with Gasteiger partial charge in [-0.3, -0.25) is 17.4 Å². The molecule has 11 rings (SSSR count). The van der Waals surface area contributed by atoms with Crippen LogP contribution in [0, 0.1) is 13.8 Å². The summed E-state index contributed by atoms with van der Waals surface area (Å²) in [5.74, 6) is 1.05. The van der Waals surface area contributed by atoms with Gasteiger partial charge in [0, 0.05) is 50.7 Å². The first kappa shape index (κ1) is 49.4. The number of aryl methyl sites for hydroxylation is 2. The predicted octanol–water partition coefficient (Wildman–Crippen LogP) is 15.3. The van der Waals surface area contributed by atoms with Crippen LogP contribution in [0.5, 0.6) is 23.0 Å². The lowest BCUT2D eigenvalue weighted by Crippen LogP contribution is -2.29. The number of nitrogens with zero attached hydrogens (tertiary/aromatic N) is 4. The van der Waals surface area contributed by atoms with E-state index in [0.29, 0.717) is 34.4 Å². The number of carbonyl (C=O) groups excluding carboxylic acids is 2. The number of benzene rings is 4. The molecule has 4 aromatic carbocycles. The van der Waals surface area contributed by atoms with E-state index < -0.39 is 34.3 Å². The van der Waals surface area contributed by atoms with Gasteiger partial charge in [-0.1, -0.05) is 128 Å². The lowest BCUT2D eigenvalue weighted by atomic mass is 9.72. The van der Waals surface area contributed by atoms with E-state index in [2.05, 4.69) is 184 Å². The molecule has 0 bridgehead atoms. The van der Waals surface area contributed by atoms with Crippen LogP contribution in [0.15, 0.2) is 133 Å².